The molecule has 0 aliphatic rings. The summed E-state index contributed by atoms with van der Waals surface area (Å²) in [6.45, 7) is 2.26. The Balaban J connectivity index is 1.48. The number of hydrogen-bond donors (Lipinski definition) is 2. The molecule has 0 fully saturated rings. The van der Waals surface area contributed by atoms with Crippen LogP contribution in [0.15, 0.2) is 94.1 Å². The molecule has 0 aliphatic heterocycles. The number of methoxy groups -OCH3 is 1. The largest absolute Gasteiger partial charge is 0.497 e. The minimum Gasteiger partial charge on any atom is -0.497 e. The molecule has 0 heterocycles. The van der Waals surface area contributed by atoms with Gasteiger partial charge in [-0.1, -0.05) is 42.0 Å². The Morgan fingerprint density at radius 3 is 2.03 bits per heavy atom. The highest BCUT2D eigenvalue weighted by molar-refractivity contribution is 7.94. The summed E-state index contributed by atoms with van der Waals surface area (Å²) in [7, 11) is -5.83. The number of rotatable bonds is 11. The van der Waals surface area contributed by atoms with Gasteiger partial charge in [-0.15, -0.1) is 0 Å². The first-order valence-corrected chi connectivity index (χ1v) is 14.1. The van der Waals surface area contributed by atoms with Gasteiger partial charge in [0.1, 0.15) is 5.75 Å². The zero-order valence-corrected chi connectivity index (χ0v) is 21.6. The Morgan fingerprint density at radius 1 is 0.833 bits per heavy atom. The Morgan fingerprint density at radius 2 is 1.42 bits per heavy atom. The van der Waals surface area contributed by atoms with Crippen molar-refractivity contribution in [2.45, 2.75) is 29.7 Å². The van der Waals surface area contributed by atoms with Crippen LogP contribution >= 0.6 is 0 Å². The second-order valence-corrected chi connectivity index (χ2v) is 11.6. The lowest BCUT2D eigenvalue weighted by atomic mass is 10.1. The van der Waals surface area contributed by atoms with Crippen LogP contribution in [0.25, 0.3) is 0 Å². The zero-order chi connectivity index (χ0) is 26.2. The van der Waals surface area contributed by atoms with Gasteiger partial charge in [0.15, 0.2) is 9.84 Å². The minimum absolute atomic E-state index is 0.116. The van der Waals surface area contributed by atoms with E-state index in [1.807, 2.05) is 6.92 Å². The average Bonchev–Trinajstić information content (AvgIpc) is 2.87. The van der Waals surface area contributed by atoms with Gasteiger partial charge < -0.3 is 10.1 Å². The fourth-order valence-corrected chi connectivity index (χ4v) is 5.18. The molecule has 3 aromatic rings. The topological polar surface area (TPSA) is 119 Å². The Kier molecular flexibility index (Phi) is 9.03. The van der Waals surface area contributed by atoms with Crippen LogP contribution in [0.3, 0.4) is 0 Å². The van der Waals surface area contributed by atoms with E-state index in [9.17, 15) is 21.6 Å². The molecule has 0 spiro atoms. The Hall–Kier alpha value is -3.47. The van der Waals surface area contributed by atoms with Crippen molar-refractivity contribution in [1.82, 2.24) is 10.0 Å². The van der Waals surface area contributed by atoms with Crippen molar-refractivity contribution in [3.8, 4) is 5.75 Å². The molecule has 8 nitrogen and oxygen atoms in total. The third kappa shape index (κ3) is 7.77. The van der Waals surface area contributed by atoms with E-state index >= 15 is 0 Å². The summed E-state index contributed by atoms with van der Waals surface area (Å²) in [5.74, 6) is 0.157. The highest BCUT2D eigenvalue weighted by Crippen LogP contribution is 2.15. The predicted molar refractivity (Wildman–Crippen MR) is 138 cm³/mol. The summed E-state index contributed by atoms with van der Waals surface area (Å²) < 4.78 is 57.4. The number of ether oxygens (including phenoxy) is 1. The van der Waals surface area contributed by atoms with E-state index in [-0.39, 0.29) is 22.9 Å². The second-order valence-electron chi connectivity index (χ2n) is 8.02. The highest BCUT2D eigenvalue weighted by atomic mass is 32.2. The molecule has 3 rings (SSSR count). The Bertz CT molecular complexity index is 1410. The molecule has 0 radical (unpaired) electrons. The number of carbonyl (C=O) groups is 1. The van der Waals surface area contributed by atoms with E-state index in [0.29, 0.717) is 12.2 Å². The van der Waals surface area contributed by atoms with Gasteiger partial charge in [-0.3, -0.25) is 4.79 Å². The van der Waals surface area contributed by atoms with Crippen LogP contribution in [0.1, 0.15) is 16.7 Å². The molecule has 1 amide bonds. The summed E-state index contributed by atoms with van der Waals surface area (Å²) >= 11 is 0. The number of amides is 1. The first-order chi connectivity index (χ1) is 17.1. The van der Waals surface area contributed by atoms with Crippen molar-refractivity contribution in [3.05, 3.63) is 101 Å². The van der Waals surface area contributed by atoms with E-state index in [2.05, 4.69) is 10.0 Å². The Labute approximate surface area is 212 Å². The number of sulfonamides is 1. The first-order valence-electron chi connectivity index (χ1n) is 11.1. The van der Waals surface area contributed by atoms with Gasteiger partial charge in [-0.2, -0.15) is 0 Å². The van der Waals surface area contributed by atoms with E-state index in [1.165, 1.54) is 24.3 Å². The van der Waals surface area contributed by atoms with Crippen LogP contribution < -0.4 is 14.8 Å². The van der Waals surface area contributed by atoms with Gasteiger partial charge in [0, 0.05) is 24.6 Å². The molecule has 190 valence electrons. The predicted octanol–water partition coefficient (Wildman–Crippen LogP) is 3.13. The fraction of sp³-hybridized carbons (Fsp3) is 0.192. The summed E-state index contributed by atoms with van der Waals surface area (Å²) in [5.41, 5.74) is 2.55. The lowest BCUT2D eigenvalue weighted by molar-refractivity contribution is -0.116. The van der Waals surface area contributed by atoms with Gasteiger partial charge in [0.2, 0.25) is 15.9 Å². The second kappa shape index (κ2) is 12.0. The number of sulfone groups is 1. The van der Waals surface area contributed by atoms with Crippen molar-refractivity contribution in [2.24, 2.45) is 0 Å². The summed E-state index contributed by atoms with van der Waals surface area (Å²) in [6.07, 6.45) is 1.43. The van der Waals surface area contributed by atoms with Crippen LogP contribution in [0.5, 0.6) is 5.75 Å². The average molecular weight is 529 g/mol. The molecular weight excluding hydrogens is 500 g/mol. The SMILES string of the molecule is COc1ccc(CNS(=O)(=O)c2ccc(CCNC(=O)/C=C/S(=O)(=O)c3ccc(C)cc3)cc2)cc1. The van der Waals surface area contributed by atoms with Crippen LogP contribution in [-0.2, 0) is 37.6 Å². The molecule has 10 heteroatoms. The molecule has 0 bridgehead atoms. The lowest BCUT2D eigenvalue weighted by Crippen LogP contribution is -2.24. The molecule has 0 atom stereocenters. The maximum atomic E-state index is 12.6. The van der Waals surface area contributed by atoms with Crippen molar-refractivity contribution >= 4 is 25.8 Å². The maximum absolute atomic E-state index is 12.6. The van der Waals surface area contributed by atoms with Gasteiger partial charge in [-0.05, 0) is 60.9 Å². The highest BCUT2D eigenvalue weighted by Gasteiger charge is 2.14. The van der Waals surface area contributed by atoms with Crippen molar-refractivity contribution in [1.29, 1.82) is 0 Å². The van der Waals surface area contributed by atoms with Crippen LogP contribution in [0.2, 0.25) is 0 Å². The summed E-state index contributed by atoms with van der Waals surface area (Å²) in [5, 5.41) is 3.51. The van der Waals surface area contributed by atoms with Gasteiger partial charge in [0.25, 0.3) is 0 Å². The first kappa shape index (κ1) is 27.1. The van der Waals surface area contributed by atoms with Crippen LogP contribution in [-0.4, -0.2) is 36.4 Å². The summed E-state index contributed by atoms with van der Waals surface area (Å²) in [4.78, 5) is 12.3. The smallest absolute Gasteiger partial charge is 0.244 e. The summed E-state index contributed by atoms with van der Waals surface area (Å²) in [6, 6.07) is 19.8. The molecule has 0 unspecified atom stereocenters. The normalized spacial score (nSPS) is 11.9. The van der Waals surface area contributed by atoms with Crippen molar-refractivity contribution in [2.75, 3.05) is 13.7 Å². The number of hydrogen-bond acceptors (Lipinski definition) is 6. The quantitative estimate of drug-likeness (QED) is 0.369. The molecule has 0 aromatic heterocycles. The number of carbonyl (C=O) groups excluding carboxylic acids is 1. The van der Waals surface area contributed by atoms with Gasteiger partial charge in [0.05, 0.1) is 16.9 Å². The maximum Gasteiger partial charge on any atom is 0.244 e. The number of nitrogens with one attached hydrogen (secondary N) is 2. The van der Waals surface area contributed by atoms with Crippen molar-refractivity contribution < 1.29 is 26.4 Å². The zero-order valence-electron chi connectivity index (χ0n) is 20.0. The van der Waals surface area contributed by atoms with E-state index in [1.54, 1.807) is 55.6 Å². The van der Waals surface area contributed by atoms with Gasteiger partial charge in [-0.25, -0.2) is 21.6 Å². The number of benzene rings is 3. The third-order valence-corrected chi connectivity index (χ3v) is 8.16. The third-order valence-electron chi connectivity index (χ3n) is 5.32. The molecular formula is C26H28N2O6S2. The van der Waals surface area contributed by atoms with Crippen LogP contribution in [0, 0.1) is 6.92 Å². The fourth-order valence-electron chi connectivity index (χ4n) is 3.19. The molecule has 3 aromatic carbocycles. The lowest BCUT2D eigenvalue weighted by Gasteiger charge is -2.09. The molecule has 36 heavy (non-hydrogen) atoms. The molecule has 0 aliphatic carbocycles. The van der Waals surface area contributed by atoms with Crippen LogP contribution in [0.4, 0.5) is 0 Å². The molecule has 0 saturated carbocycles. The molecule has 0 saturated heterocycles. The van der Waals surface area contributed by atoms with E-state index < -0.39 is 25.8 Å². The number of aryl methyl sites for hydroxylation is 1. The minimum atomic E-state index is -3.70. The van der Waals surface area contributed by atoms with E-state index in [4.69, 9.17) is 4.74 Å². The molecule has 2 N–H and O–H groups in total. The monoisotopic (exact) mass is 528 g/mol. The standard InChI is InChI=1S/C26H28N2O6S2/c1-20-3-11-24(12-4-20)35(30,31)18-16-26(29)27-17-15-21-7-13-25(14-8-21)36(32,33)28-19-22-5-9-23(34-2)10-6-22/h3-14,16,18,28H,15,17,19H2,1-2H3,(H,27,29)/b18-16+. The van der Waals surface area contributed by atoms with Crippen molar-refractivity contribution in [3.63, 3.8) is 0 Å². The van der Waals surface area contributed by atoms with Gasteiger partial charge >= 0.3 is 0 Å². The van der Waals surface area contributed by atoms with E-state index in [0.717, 1.165) is 28.2 Å².